The first-order chi connectivity index (χ1) is 13.5. The molecule has 144 valence electrons. The van der Waals surface area contributed by atoms with Crippen molar-refractivity contribution in [2.24, 2.45) is 0 Å². The van der Waals surface area contributed by atoms with Crippen molar-refractivity contribution in [2.45, 2.75) is 32.9 Å². The number of halogens is 1. The van der Waals surface area contributed by atoms with Crippen LogP contribution in [0.1, 0.15) is 45.3 Å². The highest BCUT2D eigenvalue weighted by atomic mass is 35.5. The summed E-state index contributed by atoms with van der Waals surface area (Å²) in [5.74, 6) is 0.726. The maximum Gasteiger partial charge on any atom is 0.255 e. The average molecular weight is 396 g/mol. The molecule has 0 spiro atoms. The van der Waals surface area contributed by atoms with Crippen molar-refractivity contribution in [1.29, 1.82) is 0 Å². The van der Waals surface area contributed by atoms with E-state index in [1.54, 1.807) is 0 Å². The minimum atomic E-state index is -0.109. The Labute approximate surface area is 169 Å². The standard InChI is InChI=1S/C22H22ClN3O2/c1-14-21(15(2)26(25-14)13-16-7-3-5-9-18(16)23)22(27)24-19-11-12-28-20-10-6-4-8-17(19)20/h3-10,19H,11-13H2,1-2H3,(H,24,27)/t19-/m0/s1. The molecule has 0 radical (unpaired) electrons. The first-order valence-corrected chi connectivity index (χ1v) is 9.72. The van der Waals surface area contributed by atoms with Crippen LogP contribution in [-0.2, 0) is 6.54 Å². The number of hydrogen-bond acceptors (Lipinski definition) is 3. The van der Waals surface area contributed by atoms with Crippen molar-refractivity contribution in [2.75, 3.05) is 6.61 Å². The lowest BCUT2D eigenvalue weighted by molar-refractivity contribution is 0.0923. The van der Waals surface area contributed by atoms with Gasteiger partial charge in [0.25, 0.3) is 5.91 Å². The van der Waals surface area contributed by atoms with Crippen LogP contribution in [0.5, 0.6) is 5.75 Å². The lowest BCUT2D eigenvalue weighted by atomic mass is 10.00. The highest BCUT2D eigenvalue weighted by molar-refractivity contribution is 6.31. The average Bonchev–Trinajstić information content (AvgIpc) is 2.97. The van der Waals surface area contributed by atoms with E-state index in [0.717, 1.165) is 29.0 Å². The lowest BCUT2D eigenvalue weighted by Crippen LogP contribution is -2.32. The van der Waals surface area contributed by atoms with Crippen molar-refractivity contribution in [3.05, 3.63) is 81.6 Å². The summed E-state index contributed by atoms with van der Waals surface area (Å²) in [6.07, 6.45) is 0.745. The molecular formula is C22H22ClN3O2. The summed E-state index contributed by atoms with van der Waals surface area (Å²) in [5, 5.41) is 8.44. The van der Waals surface area contributed by atoms with Gasteiger partial charge < -0.3 is 10.1 Å². The van der Waals surface area contributed by atoms with E-state index in [-0.39, 0.29) is 11.9 Å². The fourth-order valence-corrected chi connectivity index (χ4v) is 3.89. The van der Waals surface area contributed by atoms with Crippen LogP contribution in [0.4, 0.5) is 0 Å². The topological polar surface area (TPSA) is 56.2 Å². The summed E-state index contributed by atoms with van der Waals surface area (Å²) in [7, 11) is 0. The Morgan fingerprint density at radius 3 is 2.79 bits per heavy atom. The number of carbonyl (C=O) groups is 1. The van der Waals surface area contributed by atoms with Gasteiger partial charge in [-0.05, 0) is 31.5 Å². The predicted molar refractivity (Wildman–Crippen MR) is 109 cm³/mol. The Balaban J connectivity index is 1.58. The zero-order valence-corrected chi connectivity index (χ0v) is 16.7. The number of hydrogen-bond donors (Lipinski definition) is 1. The van der Waals surface area contributed by atoms with Crippen LogP contribution in [0.25, 0.3) is 0 Å². The SMILES string of the molecule is Cc1nn(Cc2ccccc2Cl)c(C)c1C(=O)N[C@H]1CCOc2ccccc21. The zero-order valence-electron chi connectivity index (χ0n) is 15.9. The summed E-state index contributed by atoms with van der Waals surface area (Å²) in [4.78, 5) is 13.1. The van der Waals surface area contributed by atoms with Gasteiger partial charge in [0.15, 0.2) is 0 Å². The summed E-state index contributed by atoms with van der Waals surface area (Å²) >= 11 is 6.28. The molecule has 5 nitrogen and oxygen atoms in total. The molecule has 1 atom stereocenters. The quantitative estimate of drug-likeness (QED) is 0.709. The normalized spacial score (nSPS) is 15.6. The molecule has 1 aliphatic rings. The molecule has 3 aromatic rings. The van der Waals surface area contributed by atoms with Crippen LogP contribution in [0.15, 0.2) is 48.5 Å². The third kappa shape index (κ3) is 3.50. The number of fused-ring (bicyclic) bond motifs is 1. The van der Waals surface area contributed by atoms with Gasteiger partial charge in [-0.2, -0.15) is 5.10 Å². The van der Waals surface area contributed by atoms with Crippen LogP contribution in [0.3, 0.4) is 0 Å². The minimum absolute atomic E-state index is 0.0665. The molecule has 0 bridgehead atoms. The number of aromatic nitrogens is 2. The molecule has 2 aromatic carbocycles. The van der Waals surface area contributed by atoms with E-state index in [1.807, 2.05) is 67.1 Å². The van der Waals surface area contributed by atoms with Crippen molar-refractivity contribution < 1.29 is 9.53 Å². The number of ether oxygens (including phenoxy) is 1. The molecule has 0 aliphatic carbocycles. The molecular weight excluding hydrogens is 374 g/mol. The van der Waals surface area contributed by atoms with E-state index in [9.17, 15) is 4.79 Å². The number of carbonyl (C=O) groups excluding carboxylic acids is 1. The Morgan fingerprint density at radius 2 is 1.96 bits per heavy atom. The Kier molecular flexibility index (Phi) is 5.09. The third-order valence-electron chi connectivity index (χ3n) is 5.15. The molecule has 4 rings (SSSR count). The summed E-state index contributed by atoms with van der Waals surface area (Å²) < 4.78 is 7.53. The van der Waals surface area contributed by atoms with Gasteiger partial charge in [-0.1, -0.05) is 48.0 Å². The number of benzene rings is 2. The number of nitrogens with zero attached hydrogens (tertiary/aromatic N) is 2. The molecule has 28 heavy (non-hydrogen) atoms. The zero-order chi connectivity index (χ0) is 19.7. The fraction of sp³-hybridized carbons (Fsp3) is 0.273. The highest BCUT2D eigenvalue weighted by Gasteiger charge is 2.26. The number of aryl methyl sites for hydroxylation is 1. The van der Waals surface area contributed by atoms with Gasteiger partial charge in [0, 0.05) is 22.7 Å². The van der Waals surface area contributed by atoms with Gasteiger partial charge in [0.05, 0.1) is 30.5 Å². The van der Waals surface area contributed by atoms with Crippen molar-refractivity contribution in [1.82, 2.24) is 15.1 Å². The number of para-hydroxylation sites is 1. The van der Waals surface area contributed by atoms with Gasteiger partial charge in [-0.15, -0.1) is 0 Å². The van der Waals surface area contributed by atoms with Crippen LogP contribution in [0, 0.1) is 13.8 Å². The largest absolute Gasteiger partial charge is 0.493 e. The molecule has 1 N–H and O–H groups in total. The van der Waals surface area contributed by atoms with E-state index in [2.05, 4.69) is 10.4 Å². The molecule has 1 aliphatic heterocycles. The van der Waals surface area contributed by atoms with E-state index in [1.165, 1.54) is 0 Å². The maximum atomic E-state index is 13.1. The van der Waals surface area contributed by atoms with Gasteiger partial charge in [0.1, 0.15) is 5.75 Å². The minimum Gasteiger partial charge on any atom is -0.493 e. The van der Waals surface area contributed by atoms with Crippen LogP contribution in [-0.4, -0.2) is 22.3 Å². The molecule has 2 heterocycles. The molecule has 0 unspecified atom stereocenters. The van der Waals surface area contributed by atoms with E-state index in [0.29, 0.717) is 29.4 Å². The van der Waals surface area contributed by atoms with Gasteiger partial charge in [-0.25, -0.2) is 0 Å². The second-order valence-electron chi connectivity index (χ2n) is 7.00. The predicted octanol–water partition coefficient (Wildman–Crippen LogP) is 4.46. The monoisotopic (exact) mass is 395 g/mol. The maximum absolute atomic E-state index is 13.1. The number of nitrogens with one attached hydrogen (secondary N) is 1. The van der Waals surface area contributed by atoms with Crippen LogP contribution >= 0.6 is 11.6 Å². The molecule has 6 heteroatoms. The van der Waals surface area contributed by atoms with Gasteiger partial charge in [0.2, 0.25) is 0 Å². The second-order valence-corrected chi connectivity index (χ2v) is 7.40. The smallest absolute Gasteiger partial charge is 0.255 e. The fourth-order valence-electron chi connectivity index (χ4n) is 3.69. The van der Waals surface area contributed by atoms with Crippen LogP contribution < -0.4 is 10.1 Å². The molecule has 0 saturated heterocycles. The molecule has 0 fully saturated rings. The van der Waals surface area contributed by atoms with E-state index in [4.69, 9.17) is 16.3 Å². The van der Waals surface area contributed by atoms with E-state index >= 15 is 0 Å². The number of amides is 1. The first-order valence-electron chi connectivity index (χ1n) is 9.34. The third-order valence-corrected chi connectivity index (χ3v) is 5.52. The van der Waals surface area contributed by atoms with Crippen LogP contribution in [0.2, 0.25) is 5.02 Å². The van der Waals surface area contributed by atoms with Crippen molar-refractivity contribution in [3.8, 4) is 5.75 Å². The summed E-state index contributed by atoms with van der Waals surface area (Å²) in [5.41, 5.74) is 4.15. The van der Waals surface area contributed by atoms with Gasteiger partial charge in [-0.3, -0.25) is 9.48 Å². The van der Waals surface area contributed by atoms with E-state index < -0.39 is 0 Å². The van der Waals surface area contributed by atoms with Crippen molar-refractivity contribution in [3.63, 3.8) is 0 Å². The Hall–Kier alpha value is -2.79. The Morgan fingerprint density at radius 1 is 1.21 bits per heavy atom. The molecule has 1 aromatic heterocycles. The summed E-state index contributed by atoms with van der Waals surface area (Å²) in [6.45, 7) is 4.90. The molecule has 1 amide bonds. The molecule has 0 saturated carbocycles. The summed E-state index contributed by atoms with van der Waals surface area (Å²) in [6, 6.07) is 15.5. The Bertz CT molecular complexity index is 1030. The number of rotatable bonds is 4. The highest BCUT2D eigenvalue weighted by Crippen LogP contribution is 2.32. The second kappa shape index (κ2) is 7.68. The first kappa shape index (κ1) is 18.6. The van der Waals surface area contributed by atoms with Crippen molar-refractivity contribution >= 4 is 17.5 Å². The van der Waals surface area contributed by atoms with Gasteiger partial charge >= 0.3 is 0 Å². The lowest BCUT2D eigenvalue weighted by Gasteiger charge is -2.26.